The third kappa shape index (κ3) is 3.09. The van der Waals surface area contributed by atoms with Gasteiger partial charge in [-0.3, -0.25) is 14.4 Å². The number of H-pyrrole nitrogens is 1. The van der Waals surface area contributed by atoms with E-state index in [9.17, 15) is 19.5 Å². The van der Waals surface area contributed by atoms with Crippen LogP contribution in [-0.2, 0) is 4.79 Å². The van der Waals surface area contributed by atoms with Crippen LogP contribution in [0.1, 0.15) is 23.5 Å². The summed E-state index contributed by atoms with van der Waals surface area (Å²) in [6.07, 6.45) is 1.30. The van der Waals surface area contributed by atoms with Crippen molar-refractivity contribution in [2.24, 2.45) is 0 Å². The predicted molar refractivity (Wildman–Crippen MR) is 126 cm³/mol. The highest BCUT2D eigenvalue weighted by Gasteiger charge is 2.33. The number of fused-ring (bicyclic) bond motifs is 4. The van der Waals surface area contributed by atoms with Gasteiger partial charge in [-0.2, -0.15) is 0 Å². The summed E-state index contributed by atoms with van der Waals surface area (Å²) in [5.74, 6) is -0.751. The Kier molecular flexibility index (Phi) is 4.38. The van der Waals surface area contributed by atoms with Gasteiger partial charge < -0.3 is 19.2 Å². The third-order valence-corrected chi connectivity index (χ3v) is 6.22. The second-order valence-corrected chi connectivity index (χ2v) is 8.25. The van der Waals surface area contributed by atoms with E-state index < -0.39 is 11.9 Å². The zero-order chi connectivity index (χ0) is 23.4. The molecule has 34 heavy (non-hydrogen) atoms. The Hall–Kier alpha value is -4.65. The number of carbonyl (C=O) groups excluding carboxylic acids is 1. The molecule has 0 bridgehead atoms. The predicted octanol–water partition coefficient (Wildman–Crippen LogP) is 4.45. The monoisotopic (exact) mass is 451 g/mol. The van der Waals surface area contributed by atoms with Crippen LogP contribution in [0.4, 0.5) is 0 Å². The Bertz CT molecular complexity index is 1730. The summed E-state index contributed by atoms with van der Waals surface area (Å²) < 4.78 is 11.4. The van der Waals surface area contributed by atoms with Gasteiger partial charge in [0.15, 0.2) is 0 Å². The third-order valence-electron chi connectivity index (χ3n) is 6.22. The first-order valence-electron chi connectivity index (χ1n) is 10.7. The van der Waals surface area contributed by atoms with Gasteiger partial charge in [-0.25, -0.2) is 0 Å². The molecule has 0 amide bonds. The maximum atomic E-state index is 13.4. The zero-order valence-corrected chi connectivity index (χ0v) is 17.7. The Morgan fingerprint density at radius 3 is 2.56 bits per heavy atom. The maximum Gasteiger partial charge on any atom is 0.312 e. The zero-order valence-electron chi connectivity index (χ0n) is 17.7. The van der Waals surface area contributed by atoms with Crippen molar-refractivity contribution < 1.29 is 19.1 Å². The SMILES string of the molecule is O=C1C[C@@H](c2cc3ccccc3[nH]c2=O)c2c(ccc3c(=O)c(-c4ccc(O)cc4)coc23)O1. The highest BCUT2D eigenvalue weighted by molar-refractivity contribution is 5.90. The quantitative estimate of drug-likeness (QED) is 0.303. The molecule has 3 aromatic carbocycles. The van der Waals surface area contributed by atoms with Crippen molar-refractivity contribution in [1.29, 1.82) is 0 Å². The number of hydrogen-bond acceptors (Lipinski definition) is 6. The molecular formula is C27H17NO6. The summed E-state index contributed by atoms with van der Waals surface area (Å²) in [5.41, 5.74) is 2.21. The largest absolute Gasteiger partial charge is 0.508 e. The van der Waals surface area contributed by atoms with Gasteiger partial charge in [-0.1, -0.05) is 30.3 Å². The molecule has 0 aliphatic carbocycles. The number of aromatic hydroxyl groups is 1. The molecule has 2 aromatic heterocycles. The maximum absolute atomic E-state index is 13.4. The van der Waals surface area contributed by atoms with E-state index in [1.54, 1.807) is 30.3 Å². The fourth-order valence-electron chi connectivity index (χ4n) is 4.58. The molecule has 5 aromatic rings. The van der Waals surface area contributed by atoms with Crippen LogP contribution in [0.5, 0.6) is 11.5 Å². The minimum absolute atomic E-state index is 0.0586. The Balaban J connectivity index is 1.59. The Morgan fingerprint density at radius 1 is 0.941 bits per heavy atom. The van der Waals surface area contributed by atoms with Crippen LogP contribution in [0.2, 0.25) is 0 Å². The molecule has 0 fully saturated rings. The minimum atomic E-state index is -0.643. The molecule has 2 N–H and O–H groups in total. The Morgan fingerprint density at radius 2 is 1.74 bits per heavy atom. The molecule has 1 aliphatic heterocycles. The topological polar surface area (TPSA) is 110 Å². The molecule has 0 radical (unpaired) electrons. The molecular weight excluding hydrogens is 434 g/mol. The van der Waals surface area contributed by atoms with Gasteiger partial charge in [-0.15, -0.1) is 0 Å². The molecule has 0 saturated heterocycles. The van der Waals surface area contributed by atoms with E-state index >= 15 is 0 Å². The van der Waals surface area contributed by atoms with Crippen molar-refractivity contribution in [3.05, 3.63) is 105 Å². The van der Waals surface area contributed by atoms with Crippen LogP contribution in [0.3, 0.4) is 0 Å². The van der Waals surface area contributed by atoms with E-state index in [1.807, 2.05) is 24.3 Å². The van der Waals surface area contributed by atoms with Crippen LogP contribution in [0.15, 0.2) is 87.0 Å². The number of pyridine rings is 1. The average Bonchev–Trinajstić information content (AvgIpc) is 2.84. The van der Waals surface area contributed by atoms with Crippen LogP contribution < -0.4 is 15.7 Å². The lowest BCUT2D eigenvalue weighted by molar-refractivity contribution is -0.135. The molecule has 0 saturated carbocycles. The summed E-state index contributed by atoms with van der Waals surface area (Å²) in [6, 6.07) is 18.5. The first-order chi connectivity index (χ1) is 16.5. The van der Waals surface area contributed by atoms with Gasteiger partial charge >= 0.3 is 5.97 Å². The Labute approximate surface area is 191 Å². The standard InChI is InChI=1S/C27H17NO6/c29-16-7-5-14(6-8-16)20-13-33-26-17(25(20)31)9-10-22-24(26)18(12-23(30)34-22)19-11-15-3-1-2-4-21(15)28-27(19)32/h1-11,13,18,29H,12H2,(H,28,32)/t18-/m0/s1. The molecule has 0 spiro atoms. The van der Waals surface area contributed by atoms with E-state index in [2.05, 4.69) is 4.98 Å². The van der Waals surface area contributed by atoms with Crippen LogP contribution in [-0.4, -0.2) is 16.1 Å². The van der Waals surface area contributed by atoms with Gasteiger partial charge in [0, 0.05) is 22.6 Å². The molecule has 166 valence electrons. The van der Waals surface area contributed by atoms with Gasteiger partial charge in [0.25, 0.3) is 5.56 Å². The van der Waals surface area contributed by atoms with E-state index in [-0.39, 0.29) is 34.5 Å². The van der Waals surface area contributed by atoms with E-state index in [4.69, 9.17) is 9.15 Å². The van der Waals surface area contributed by atoms with Crippen LogP contribution in [0, 0.1) is 0 Å². The molecule has 7 nitrogen and oxygen atoms in total. The first kappa shape index (κ1) is 20.0. The lowest BCUT2D eigenvalue weighted by Crippen LogP contribution is -2.26. The molecule has 3 heterocycles. The van der Waals surface area contributed by atoms with Crippen molar-refractivity contribution in [3.63, 3.8) is 0 Å². The second-order valence-electron chi connectivity index (χ2n) is 8.25. The summed E-state index contributed by atoms with van der Waals surface area (Å²) >= 11 is 0. The normalized spacial score (nSPS) is 15.3. The molecule has 1 aliphatic rings. The van der Waals surface area contributed by atoms with Crippen molar-refractivity contribution in [3.8, 4) is 22.6 Å². The number of ether oxygens (including phenoxy) is 1. The van der Waals surface area contributed by atoms with Crippen molar-refractivity contribution in [1.82, 2.24) is 4.98 Å². The minimum Gasteiger partial charge on any atom is -0.508 e. The number of para-hydroxylation sites is 1. The van der Waals surface area contributed by atoms with E-state index in [0.717, 1.165) is 5.39 Å². The summed E-state index contributed by atoms with van der Waals surface area (Å²) in [7, 11) is 0. The van der Waals surface area contributed by atoms with Crippen molar-refractivity contribution in [2.75, 3.05) is 0 Å². The number of benzene rings is 3. The summed E-state index contributed by atoms with van der Waals surface area (Å²) in [5, 5.41) is 10.7. The van der Waals surface area contributed by atoms with Crippen LogP contribution >= 0.6 is 0 Å². The lowest BCUT2D eigenvalue weighted by atomic mass is 9.85. The number of nitrogens with one attached hydrogen (secondary N) is 1. The smallest absolute Gasteiger partial charge is 0.312 e. The molecule has 1 atom stereocenters. The summed E-state index contributed by atoms with van der Waals surface area (Å²) in [6.45, 7) is 0. The molecule has 6 rings (SSSR count). The van der Waals surface area contributed by atoms with E-state index in [0.29, 0.717) is 33.2 Å². The first-order valence-corrected chi connectivity index (χ1v) is 10.7. The number of hydrogen-bond donors (Lipinski definition) is 2. The lowest BCUT2D eigenvalue weighted by Gasteiger charge is -2.25. The fraction of sp³-hybridized carbons (Fsp3) is 0.0741. The number of rotatable bonds is 2. The number of aromatic amines is 1. The number of carbonyl (C=O) groups is 1. The molecule has 7 heteroatoms. The number of esters is 1. The highest BCUT2D eigenvalue weighted by atomic mass is 16.5. The van der Waals surface area contributed by atoms with Gasteiger partial charge in [-0.05, 0) is 47.3 Å². The van der Waals surface area contributed by atoms with Gasteiger partial charge in [0.1, 0.15) is 23.3 Å². The van der Waals surface area contributed by atoms with Gasteiger partial charge in [0.2, 0.25) is 5.43 Å². The van der Waals surface area contributed by atoms with Gasteiger partial charge in [0.05, 0.1) is 17.4 Å². The number of phenolic OH excluding ortho intramolecular Hbond substituents is 1. The average molecular weight is 451 g/mol. The second kappa shape index (κ2) is 7.45. The number of phenols is 1. The molecule has 0 unspecified atom stereocenters. The van der Waals surface area contributed by atoms with Crippen molar-refractivity contribution >= 4 is 27.8 Å². The van der Waals surface area contributed by atoms with Crippen molar-refractivity contribution in [2.45, 2.75) is 12.3 Å². The highest BCUT2D eigenvalue weighted by Crippen LogP contribution is 2.42. The number of aromatic nitrogens is 1. The van der Waals surface area contributed by atoms with Crippen LogP contribution in [0.25, 0.3) is 33.0 Å². The fourth-order valence-corrected chi connectivity index (χ4v) is 4.58. The van der Waals surface area contributed by atoms with E-state index in [1.165, 1.54) is 18.4 Å². The summed E-state index contributed by atoms with van der Waals surface area (Å²) in [4.78, 5) is 41.6.